The lowest BCUT2D eigenvalue weighted by Gasteiger charge is -2.14. The van der Waals surface area contributed by atoms with Gasteiger partial charge >= 0.3 is 0 Å². The fraction of sp³-hybridized carbons (Fsp3) is 0.222. The van der Waals surface area contributed by atoms with Gasteiger partial charge in [0.25, 0.3) is 0 Å². The Morgan fingerprint density at radius 3 is 2.46 bits per heavy atom. The number of para-hydroxylation sites is 2. The first-order chi connectivity index (χ1) is 11.4. The minimum absolute atomic E-state index is 0.0193. The van der Waals surface area contributed by atoms with Crippen LogP contribution in [0, 0.1) is 0 Å². The third kappa shape index (κ3) is 5.59. The van der Waals surface area contributed by atoms with Gasteiger partial charge in [-0.3, -0.25) is 9.59 Å². The van der Waals surface area contributed by atoms with Crippen molar-refractivity contribution in [2.75, 3.05) is 10.6 Å². The number of ether oxygens (including phenoxy) is 1. The first-order valence-electron chi connectivity index (χ1n) is 7.55. The summed E-state index contributed by atoms with van der Waals surface area (Å²) in [5.74, 6) is -0.276. The van der Waals surface area contributed by atoms with Crippen LogP contribution in [0.5, 0.6) is 5.75 Å². The molecule has 6 heteroatoms. The molecule has 2 rings (SSSR count). The van der Waals surface area contributed by atoms with Crippen LogP contribution in [0.2, 0.25) is 5.02 Å². The number of carbonyl (C=O) groups is 2. The van der Waals surface area contributed by atoms with Gasteiger partial charge in [0.1, 0.15) is 12.2 Å². The summed E-state index contributed by atoms with van der Waals surface area (Å²) in [4.78, 5) is 24.0. The monoisotopic (exact) mass is 346 g/mol. The number of amides is 2. The maximum absolute atomic E-state index is 12.1. The number of hydrogen-bond donors (Lipinski definition) is 2. The van der Waals surface area contributed by atoms with Crippen LogP contribution < -0.4 is 15.4 Å². The summed E-state index contributed by atoms with van der Waals surface area (Å²) in [5, 5.41) is 5.84. The predicted octanol–water partition coefficient (Wildman–Crippen LogP) is 4.09. The van der Waals surface area contributed by atoms with Gasteiger partial charge in [-0.25, -0.2) is 0 Å². The van der Waals surface area contributed by atoms with Crippen molar-refractivity contribution in [1.82, 2.24) is 0 Å². The highest BCUT2D eigenvalue weighted by Gasteiger charge is 2.13. The molecule has 0 aromatic heterocycles. The van der Waals surface area contributed by atoms with Gasteiger partial charge in [0.2, 0.25) is 11.8 Å². The summed E-state index contributed by atoms with van der Waals surface area (Å²) in [6, 6.07) is 13.8. The van der Waals surface area contributed by atoms with Gasteiger partial charge in [0.05, 0.1) is 11.8 Å². The Morgan fingerprint density at radius 2 is 1.75 bits per heavy atom. The molecule has 24 heavy (non-hydrogen) atoms. The molecule has 0 unspecified atom stereocenters. The molecule has 5 nitrogen and oxygen atoms in total. The van der Waals surface area contributed by atoms with Crippen molar-refractivity contribution in [3.63, 3.8) is 0 Å². The molecule has 2 aromatic carbocycles. The van der Waals surface area contributed by atoms with Gasteiger partial charge < -0.3 is 15.4 Å². The van der Waals surface area contributed by atoms with Gasteiger partial charge in [0.15, 0.2) is 0 Å². The third-order valence-corrected chi connectivity index (χ3v) is 3.19. The summed E-state index contributed by atoms with van der Waals surface area (Å²) >= 11 is 5.86. The molecular weight excluding hydrogens is 328 g/mol. The molecule has 0 aliphatic carbocycles. The fourth-order valence-corrected chi connectivity index (χ4v) is 2.23. The SMILES string of the molecule is CC(C)Oc1ccccc1NC(=O)CC(=O)Nc1cccc(Cl)c1. The number of anilines is 2. The van der Waals surface area contributed by atoms with Gasteiger partial charge in [-0.05, 0) is 44.2 Å². The number of nitrogens with one attached hydrogen (secondary N) is 2. The van der Waals surface area contributed by atoms with E-state index in [0.717, 1.165) is 0 Å². The molecule has 0 heterocycles. The van der Waals surface area contributed by atoms with Crippen LogP contribution in [0.1, 0.15) is 20.3 Å². The van der Waals surface area contributed by atoms with E-state index >= 15 is 0 Å². The van der Waals surface area contributed by atoms with E-state index in [1.165, 1.54) is 0 Å². The molecule has 0 spiro atoms. The summed E-state index contributed by atoms with van der Waals surface area (Å²) in [6.45, 7) is 3.80. The van der Waals surface area contributed by atoms with Gasteiger partial charge in [0, 0.05) is 10.7 Å². The van der Waals surface area contributed by atoms with E-state index in [2.05, 4.69) is 10.6 Å². The van der Waals surface area contributed by atoms with Crippen LogP contribution in [0.25, 0.3) is 0 Å². The Morgan fingerprint density at radius 1 is 1.04 bits per heavy atom. The van der Waals surface area contributed by atoms with E-state index in [9.17, 15) is 9.59 Å². The van der Waals surface area contributed by atoms with E-state index in [-0.39, 0.29) is 12.5 Å². The summed E-state index contributed by atoms with van der Waals surface area (Å²) < 4.78 is 5.63. The summed E-state index contributed by atoms with van der Waals surface area (Å²) in [5.41, 5.74) is 1.08. The number of hydrogen-bond acceptors (Lipinski definition) is 3. The van der Waals surface area contributed by atoms with Crippen LogP contribution >= 0.6 is 11.6 Å². The molecule has 126 valence electrons. The standard InChI is InChI=1S/C18H19ClN2O3/c1-12(2)24-16-9-4-3-8-15(16)21-18(23)11-17(22)20-14-7-5-6-13(19)10-14/h3-10,12H,11H2,1-2H3,(H,20,22)(H,21,23). The van der Waals surface area contributed by atoms with Crippen molar-refractivity contribution in [3.05, 3.63) is 53.6 Å². The Balaban J connectivity index is 1.94. The number of benzene rings is 2. The lowest BCUT2D eigenvalue weighted by molar-refractivity contribution is -0.123. The van der Waals surface area contributed by atoms with Crippen molar-refractivity contribution in [3.8, 4) is 5.75 Å². The van der Waals surface area contributed by atoms with Crippen LogP contribution in [-0.4, -0.2) is 17.9 Å². The second-order valence-corrected chi connectivity index (χ2v) is 5.88. The topological polar surface area (TPSA) is 67.4 Å². The second kappa shape index (κ2) is 8.36. The molecule has 0 aliphatic rings. The maximum Gasteiger partial charge on any atom is 0.233 e. The molecule has 0 saturated carbocycles. The van der Waals surface area contributed by atoms with Gasteiger partial charge in [-0.15, -0.1) is 0 Å². The normalized spacial score (nSPS) is 10.3. The molecular formula is C18H19ClN2O3. The molecule has 2 amide bonds. The molecule has 0 atom stereocenters. The minimum atomic E-state index is -0.422. The lowest BCUT2D eigenvalue weighted by atomic mass is 10.2. The third-order valence-electron chi connectivity index (χ3n) is 2.95. The van der Waals surface area contributed by atoms with Crippen molar-refractivity contribution < 1.29 is 14.3 Å². The molecule has 2 N–H and O–H groups in total. The summed E-state index contributed by atoms with van der Waals surface area (Å²) in [7, 11) is 0. The highest BCUT2D eigenvalue weighted by molar-refractivity contribution is 6.30. The largest absolute Gasteiger partial charge is 0.489 e. The lowest BCUT2D eigenvalue weighted by Crippen LogP contribution is -2.22. The van der Waals surface area contributed by atoms with Crippen molar-refractivity contribution in [1.29, 1.82) is 0 Å². The number of halogens is 1. The Kier molecular flexibility index (Phi) is 6.21. The van der Waals surface area contributed by atoms with Gasteiger partial charge in [-0.2, -0.15) is 0 Å². The molecule has 2 aromatic rings. The Labute approximate surface area is 146 Å². The zero-order valence-electron chi connectivity index (χ0n) is 13.5. The average Bonchev–Trinajstić information content (AvgIpc) is 2.48. The van der Waals surface area contributed by atoms with Crippen LogP contribution in [0.15, 0.2) is 48.5 Å². The van der Waals surface area contributed by atoms with Crippen molar-refractivity contribution in [2.24, 2.45) is 0 Å². The van der Waals surface area contributed by atoms with Crippen LogP contribution in [-0.2, 0) is 9.59 Å². The molecule has 0 bridgehead atoms. The zero-order valence-corrected chi connectivity index (χ0v) is 14.3. The fourth-order valence-electron chi connectivity index (χ4n) is 2.04. The number of rotatable bonds is 6. The maximum atomic E-state index is 12.1. The van der Waals surface area contributed by atoms with Gasteiger partial charge in [-0.1, -0.05) is 29.8 Å². The minimum Gasteiger partial charge on any atom is -0.489 e. The van der Waals surface area contributed by atoms with E-state index in [1.807, 2.05) is 19.9 Å². The molecule has 0 aliphatic heterocycles. The quantitative estimate of drug-likeness (QED) is 0.774. The predicted molar refractivity (Wildman–Crippen MR) is 95.5 cm³/mol. The first kappa shape index (κ1) is 17.8. The highest BCUT2D eigenvalue weighted by Crippen LogP contribution is 2.25. The van der Waals surface area contributed by atoms with Crippen molar-refractivity contribution >= 4 is 34.8 Å². The van der Waals surface area contributed by atoms with E-state index < -0.39 is 11.8 Å². The van der Waals surface area contributed by atoms with Crippen LogP contribution in [0.3, 0.4) is 0 Å². The Bertz CT molecular complexity index is 732. The smallest absolute Gasteiger partial charge is 0.233 e. The Hall–Kier alpha value is -2.53. The molecule has 0 radical (unpaired) electrons. The first-order valence-corrected chi connectivity index (χ1v) is 7.93. The number of carbonyl (C=O) groups excluding carboxylic acids is 2. The molecule has 0 fully saturated rings. The van der Waals surface area contributed by atoms with Crippen LogP contribution in [0.4, 0.5) is 11.4 Å². The van der Waals surface area contributed by atoms with E-state index in [0.29, 0.717) is 22.1 Å². The molecule has 0 saturated heterocycles. The van der Waals surface area contributed by atoms with E-state index in [4.69, 9.17) is 16.3 Å². The van der Waals surface area contributed by atoms with E-state index in [1.54, 1.807) is 42.5 Å². The zero-order chi connectivity index (χ0) is 17.5. The van der Waals surface area contributed by atoms with Crippen molar-refractivity contribution in [2.45, 2.75) is 26.4 Å². The second-order valence-electron chi connectivity index (χ2n) is 5.45. The summed E-state index contributed by atoms with van der Waals surface area (Å²) in [6.07, 6.45) is -0.322. The average molecular weight is 347 g/mol. The highest BCUT2D eigenvalue weighted by atomic mass is 35.5.